The maximum atomic E-state index is 10.9. The Morgan fingerprint density at radius 3 is 2.35 bits per heavy atom. The highest BCUT2D eigenvalue weighted by atomic mass is 35.5. The molecule has 0 amide bonds. The highest BCUT2D eigenvalue weighted by Crippen LogP contribution is 2.38. The molecule has 6 heteroatoms. The normalized spacial score (nSPS) is 18.7. The lowest BCUT2D eigenvalue weighted by atomic mass is 9.93. The number of hydrogen-bond donors (Lipinski definition) is 2. The van der Waals surface area contributed by atoms with Crippen LogP contribution in [-0.2, 0) is 0 Å². The highest BCUT2D eigenvalue weighted by Gasteiger charge is 2.28. The molecule has 2 N–H and O–H groups in total. The van der Waals surface area contributed by atoms with Crippen LogP contribution < -0.4 is 10.6 Å². The van der Waals surface area contributed by atoms with Crippen molar-refractivity contribution in [3.05, 3.63) is 105 Å². The number of rotatable bonds is 3. The second-order valence-corrected chi connectivity index (χ2v) is 6.60. The van der Waals surface area contributed by atoms with Crippen LogP contribution in [0.1, 0.15) is 28.9 Å². The van der Waals surface area contributed by atoms with Gasteiger partial charge in [-0.15, -0.1) is 0 Å². The molecule has 1 heterocycles. The minimum absolute atomic E-state index is 0.0358. The fourth-order valence-corrected chi connectivity index (χ4v) is 3.43. The van der Waals surface area contributed by atoms with E-state index in [0.29, 0.717) is 5.02 Å². The predicted octanol–water partition coefficient (Wildman–Crippen LogP) is 5.05. The number of nitrogens with one attached hydrogen (secondary N) is 2. The molecule has 0 fully saturated rings. The molecule has 0 aliphatic carbocycles. The molecule has 1 aliphatic rings. The molecular weight excluding hydrogens is 350 g/mol. The zero-order valence-electron chi connectivity index (χ0n) is 13.7. The molecule has 0 aromatic heterocycles. The minimum atomic E-state index is -0.393. The van der Waals surface area contributed by atoms with Gasteiger partial charge in [-0.25, -0.2) is 0 Å². The fourth-order valence-electron chi connectivity index (χ4n) is 3.25. The Kier molecular flexibility index (Phi) is 4.32. The molecule has 130 valence electrons. The Balaban J connectivity index is 1.73. The summed E-state index contributed by atoms with van der Waals surface area (Å²) in [6, 6.07) is 22.5. The zero-order chi connectivity index (χ0) is 18.1. The first-order valence-electron chi connectivity index (χ1n) is 8.23. The van der Waals surface area contributed by atoms with Gasteiger partial charge >= 0.3 is 0 Å². The summed E-state index contributed by atoms with van der Waals surface area (Å²) >= 11 is 6.21. The van der Waals surface area contributed by atoms with Crippen molar-refractivity contribution in [3.8, 4) is 0 Å². The Bertz CT molecular complexity index is 945. The van der Waals surface area contributed by atoms with Gasteiger partial charge in [0.05, 0.1) is 11.0 Å². The van der Waals surface area contributed by atoms with Gasteiger partial charge in [0.2, 0.25) is 0 Å². The Hall–Kier alpha value is -2.89. The van der Waals surface area contributed by atoms with E-state index in [1.54, 1.807) is 12.1 Å². The highest BCUT2D eigenvalue weighted by molar-refractivity contribution is 6.30. The van der Waals surface area contributed by atoms with Crippen LogP contribution in [-0.4, -0.2) is 4.92 Å². The van der Waals surface area contributed by atoms with E-state index in [0.717, 1.165) is 22.4 Å². The van der Waals surface area contributed by atoms with Crippen molar-refractivity contribution in [1.82, 2.24) is 5.32 Å². The maximum Gasteiger partial charge on any atom is 0.269 e. The summed E-state index contributed by atoms with van der Waals surface area (Å²) in [6.07, 6.45) is -0.172. The molecule has 0 bridgehead atoms. The molecule has 0 radical (unpaired) electrons. The third-order valence-electron chi connectivity index (χ3n) is 4.53. The molecule has 0 spiro atoms. The van der Waals surface area contributed by atoms with Gasteiger partial charge in [0.15, 0.2) is 0 Å². The van der Waals surface area contributed by atoms with Gasteiger partial charge in [-0.3, -0.25) is 15.4 Å². The van der Waals surface area contributed by atoms with Gasteiger partial charge in [0.1, 0.15) is 6.17 Å². The van der Waals surface area contributed by atoms with E-state index in [2.05, 4.69) is 22.8 Å². The summed E-state index contributed by atoms with van der Waals surface area (Å²) < 4.78 is 0. The molecule has 0 unspecified atom stereocenters. The Labute approximate surface area is 155 Å². The predicted molar refractivity (Wildman–Crippen MR) is 102 cm³/mol. The first-order chi connectivity index (χ1) is 12.6. The summed E-state index contributed by atoms with van der Waals surface area (Å²) in [5, 5.41) is 18.6. The third kappa shape index (κ3) is 3.14. The maximum absolute atomic E-state index is 10.9. The van der Waals surface area contributed by atoms with Crippen molar-refractivity contribution in [2.24, 2.45) is 0 Å². The molecule has 2 atom stereocenters. The number of non-ortho nitro benzene ring substituents is 1. The number of nitrogens with zero attached hydrogens (tertiary/aromatic N) is 1. The number of benzene rings is 3. The van der Waals surface area contributed by atoms with E-state index in [1.165, 1.54) is 12.1 Å². The lowest BCUT2D eigenvalue weighted by Gasteiger charge is -2.35. The fraction of sp³-hybridized carbons (Fsp3) is 0.100. The second-order valence-electron chi connectivity index (χ2n) is 6.17. The van der Waals surface area contributed by atoms with Crippen LogP contribution in [0.15, 0.2) is 72.8 Å². The first kappa shape index (κ1) is 16.6. The first-order valence-corrected chi connectivity index (χ1v) is 8.61. The average Bonchev–Trinajstić information content (AvgIpc) is 2.68. The summed E-state index contributed by atoms with van der Waals surface area (Å²) in [4.78, 5) is 10.5. The van der Waals surface area contributed by atoms with E-state index >= 15 is 0 Å². The monoisotopic (exact) mass is 365 g/mol. The molecule has 0 saturated heterocycles. The van der Waals surface area contributed by atoms with Crippen LogP contribution in [0.25, 0.3) is 0 Å². The molecule has 1 aliphatic heterocycles. The topological polar surface area (TPSA) is 67.2 Å². The van der Waals surface area contributed by atoms with Crippen LogP contribution >= 0.6 is 11.6 Å². The largest absolute Gasteiger partial charge is 0.366 e. The number of nitro benzene ring substituents is 1. The van der Waals surface area contributed by atoms with Crippen LogP contribution in [0, 0.1) is 10.1 Å². The number of halogens is 1. The van der Waals surface area contributed by atoms with E-state index in [1.807, 2.05) is 36.4 Å². The summed E-state index contributed by atoms with van der Waals surface area (Å²) in [5.41, 5.74) is 4.20. The number of nitro groups is 1. The lowest BCUT2D eigenvalue weighted by molar-refractivity contribution is -0.384. The molecule has 26 heavy (non-hydrogen) atoms. The Morgan fingerprint density at radius 2 is 1.65 bits per heavy atom. The second kappa shape index (κ2) is 6.78. The van der Waals surface area contributed by atoms with Crippen molar-refractivity contribution in [2.45, 2.75) is 12.2 Å². The molecule has 0 saturated carbocycles. The van der Waals surface area contributed by atoms with Crippen LogP contribution in [0.2, 0.25) is 5.02 Å². The van der Waals surface area contributed by atoms with Crippen molar-refractivity contribution in [2.75, 3.05) is 5.32 Å². The molecule has 4 rings (SSSR count). The Morgan fingerprint density at radius 1 is 0.923 bits per heavy atom. The number of anilines is 1. The van der Waals surface area contributed by atoms with Crippen LogP contribution in [0.3, 0.4) is 0 Å². The van der Waals surface area contributed by atoms with Crippen molar-refractivity contribution >= 4 is 23.0 Å². The van der Waals surface area contributed by atoms with Gasteiger partial charge in [-0.2, -0.15) is 0 Å². The lowest BCUT2D eigenvalue weighted by Crippen LogP contribution is -2.37. The molecule has 3 aromatic carbocycles. The standard InChI is InChI=1S/C20H16ClN3O2/c21-15-8-11-18-17(12-15)19(13-4-2-1-3-5-13)23-20(22-18)14-6-9-16(10-7-14)24(25)26/h1-12,19-20,22-23H/t19-,20-/m1/s1. The van der Waals surface area contributed by atoms with Crippen molar-refractivity contribution in [1.29, 1.82) is 0 Å². The van der Waals surface area contributed by atoms with Crippen molar-refractivity contribution < 1.29 is 4.92 Å². The van der Waals surface area contributed by atoms with E-state index < -0.39 is 4.92 Å². The minimum Gasteiger partial charge on any atom is -0.366 e. The van der Waals surface area contributed by atoms with E-state index in [4.69, 9.17) is 11.6 Å². The van der Waals surface area contributed by atoms with E-state index in [9.17, 15) is 10.1 Å². The number of fused-ring (bicyclic) bond motifs is 1. The van der Waals surface area contributed by atoms with Crippen LogP contribution in [0.5, 0.6) is 0 Å². The summed E-state index contributed by atoms with van der Waals surface area (Å²) in [7, 11) is 0. The number of hydrogen-bond acceptors (Lipinski definition) is 4. The SMILES string of the molecule is O=[N+]([O-])c1ccc([C@@H]2Nc3ccc(Cl)cc3[C@@H](c3ccccc3)N2)cc1. The third-order valence-corrected chi connectivity index (χ3v) is 4.76. The molecule has 5 nitrogen and oxygen atoms in total. The van der Waals surface area contributed by atoms with Crippen molar-refractivity contribution in [3.63, 3.8) is 0 Å². The van der Waals surface area contributed by atoms with Crippen LogP contribution in [0.4, 0.5) is 11.4 Å². The van der Waals surface area contributed by atoms with Gasteiger partial charge in [-0.1, -0.05) is 41.9 Å². The zero-order valence-corrected chi connectivity index (χ0v) is 14.5. The molecule has 3 aromatic rings. The van der Waals surface area contributed by atoms with E-state index in [-0.39, 0.29) is 17.9 Å². The summed E-state index contributed by atoms with van der Waals surface area (Å²) in [6.45, 7) is 0. The van der Waals surface area contributed by atoms with Gasteiger partial charge in [0, 0.05) is 22.8 Å². The van der Waals surface area contributed by atoms with Gasteiger partial charge in [0.25, 0.3) is 5.69 Å². The van der Waals surface area contributed by atoms with Gasteiger partial charge < -0.3 is 5.32 Å². The summed E-state index contributed by atoms with van der Waals surface area (Å²) in [5.74, 6) is 0. The smallest absolute Gasteiger partial charge is 0.269 e. The van der Waals surface area contributed by atoms with Gasteiger partial charge in [-0.05, 0) is 47.0 Å². The average molecular weight is 366 g/mol. The molecular formula is C20H16ClN3O2. The quantitative estimate of drug-likeness (QED) is 0.503.